The Hall–Kier alpha value is -1.46. The van der Waals surface area contributed by atoms with Crippen molar-refractivity contribution < 1.29 is 9.47 Å². The molecule has 0 aliphatic carbocycles. The van der Waals surface area contributed by atoms with Gasteiger partial charge in [-0.05, 0) is 18.1 Å². The van der Waals surface area contributed by atoms with E-state index >= 15 is 0 Å². The van der Waals surface area contributed by atoms with Gasteiger partial charge < -0.3 is 9.47 Å². The van der Waals surface area contributed by atoms with Gasteiger partial charge in [-0.2, -0.15) is 0 Å². The molecule has 0 radical (unpaired) electrons. The minimum atomic E-state index is 0.350. The van der Waals surface area contributed by atoms with Gasteiger partial charge in [-0.3, -0.25) is 4.90 Å². The van der Waals surface area contributed by atoms with Gasteiger partial charge in [-0.15, -0.1) is 10.2 Å². The van der Waals surface area contributed by atoms with E-state index in [2.05, 4.69) is 35.5 Å². The van der Waals surface area contributed by atoms with Gasteiger partial charge in [0.25, 0.3) is 0 Å². The molecule has 1 saturated heterocycles. The molecule has 0 atom stereocenters. The molecule has 0 bridgehead atoms. The summed E-state index contributed by atoms with van der Waals surface area (Å²) in [6.07, 6.45) is 1.70. The monoisotopic (exact) mass is 277 g/mol. The summed E-state index contributed by atoms with van der Waals surface area (Å²) in [5, 5.41) is 8.25. The van der Waals surface area contributed by atoms with Crippen molar-refractivity contribution >= 4 is 6.08 Å². The highest BCUT2D eigenvalue weighted by Crippen LogP contribution is 2.24. The normalized spacial score (nSPS) is 16.4. The lowest BCUT2D eigenvalue weighted by atomic mass is 10.0. The third-order valence-corrected chi connectivity index (χ3v) is 3.39. The molecule has 1 aliphatic heterocycles. The van der Waals surface area contributed by atoms with Crippen LogP contribution < -0.4 is 4.74 Å². The number of hydrogen-bond donors (Lipinski definition) is 0. The van der Waals surface area contributed by atoms with E-state index < -0.39 is 0 Å². The van der Waals surface area contributed by atoms with Gasteiger partial charge in [-0.25, -0.2) is 0 Å². The van der Waals surface area contributed by atoms with Gasteiger partial charge in [-0.1, -0.05) is 20.4 Å². The first-order valence-electron chi connectivity index (χ1n) is 7.13. The maximum Gasteiger partial charge on any atom is 0.236 e. The summed E-state index contributed by atoms with van der Waals surface area (Å²) >= 11 is 0. The highest BCUT2D eigenvalue weighted by molar-refractivity contribution is 5.44. The van der Waals surface area contributed by atoms with Crippen LogP contribution in [0, 0.1) is 0 Å². The summed E-state index contributed by atoms with van der Waals surface area (Å²) in [6.45, 7) is 13.1. The molecule has 0 saturated carbocycles. The van der Waals surface area contributed by atoms with Crippen molar-refractivity contribution in [1.82, 2.24) is 15.1 Å². The second-order valence-electron chi connectivity index (χ2n) is 5.19. The average Bonchev–Trinajstić information content (AvgIpc) is 2.48. The number of morpholine rings is 1. The van der Waals surface area contributed by atoms with E-state index in [4.69, 9.17) is 9.47 Å². The van der Waals surface area contributed by atoms with E-state index in [0.717, 1.165) is 44.1 Å². The molecule has 0 unspecified atom stereocenters. The summed E-state index contributed by atoms with van der Waals surface area (Å²) in [5.74, 6) is 0.987. The molecule has 20 heavy (non-hydrogen) atoms. The van der Waals surface area contributed by atoms with Crippen LogP contribution in [0.5, 0.6) is 5.88 Å². The lowest BCUT2D eigenvalue weighted by molar-refractivity contribution is 0.0318. The van der Waals surface area contributed by atoms with E-state index in [0.29, 0.717) is 18.4 Å². The van der Waals surface area contributed by atoms with Crippen LogP contribution in [0.1, 0.15) is 31.0 Å². The van der Waals surface area contributed by atoms with Gasteiger partial charge in [0.15, 0.2) is 0 Å². The first kappa shape index (κ1) is 14.9. The fourth-order valence-corrected chi connectivity index (χ4v) is 2.13. The Morgan fingerprint density at radius 1 is 1.40 bits per heavy atom. The van der Waals surface area contributed by atoms with Crippen molar-refractivity contribution in [2.45, 2.75) is 19.8 Å². The van der Waals surface area contributed by atoms with Gasteiger partial charge in [0.2, 0.25) is 5.88 Å². The summed E-state index contributed by atoms with van der Waals surface area (Å²) < 4.78 is 11.1. The quantitative estimate of drug-likeness (QED) is 0.795. The Morgan fingerprint density at radius 3 is 2.80 bits per heavy atom. The molecule has 5 nitrogen and oxygen atoms in total. The predicted molar refractivity (Wildman–Crippen MR) is 79.0 cm³/mol. The number of rotatable bonds is 6. The van der Waals surface area contributed by atoms with E-state index in [1.165, 1.54) is 0 Å². The van der Waals surface area contributed by atoms with E-state index in [-0.39, 0.29) is 0 Å². The summed E-state index contributed by atoms with van der Waals surface area (Å²) in [5.41, 5.74) is 1.87. The lowest BCUT2D eigenvalue weighted by Gasteiger charge is -2.26. The molecule has 1 aliphatic rings. The van der Waals surface area contributed by atoms with Crippen molar-refractivity contribution in [3.05, 3.63) is 23.9 Å². The summed E-state index contributed by atoms with van der Waals surface area (Å²) in [7, 11) is 0. The van der Waals surface area contributed by atoms with E-state index in [1.54, 1.807) is 6.08 Å². The molecule has 5 heteroatoms. The van der Waals surface area contributed by atoms with Crippen LogP contribution in [0.3, 0.4) is 0 Å². The smallest absolute Gasteiger partial charge is 0.236 e. The number of aromatic nitrogens is 2. The highest BCUT2D eigenvalue weighted by Gasteiger charge is 2.13. The van der Waals surface area contributed by atoms with Crippen LogP contribution in [-0.2, 0) is 4.74 Å². The van der Waals surface area contributed by atoms with Crippen LogP contribution in [0.2, 0.25) is 0 Å². The molecule has 2 heterocycles. The van der Waals surface area contributed by atoms with E-state index in [1.807, 2.05) is 6.07 Å². The molecule has 0 amide bonds. The third kappa shape index (κ3) is 4.02. The summed E-state index contributed by atoms with van der Waals surface area (Å²) in [4.78, 5) is 2.34. The molecular formula is C15H23N3O2. The van der Waals surface area contributed by atoms with Crippen LogP contribution in [0.4, 0.5) is 0 Å². The Bertz CT molecular complexity index is 443. The van der Waals surface area contributed by atoms with Gasteiger partial charge in [0, 0.05) is 25.2 Å². The second-order valence-corrected chi connectivity index (χ2v) is 5.19. The van der Waals surface area contributed by atoms with Crippen molar-refractivity contribution in [1.29, 1.82) is 0 Å². The zero-order valence-electron chi connectivity index (χ0n) is 12.3. The largest absolute Gasteiger partial charge is 0.475 e. The van der Waals surface area contributed by atoms with Crippen molar-refractivity contribution in [2.75, 3.05) is 39.5 Å². The molecular weight excluding hydrogens is 254 g/mol. The fourth-order valence-electron chi connectivity index (χ4n) is 2.13. The molecule has 1 fully saturated rings. The van der Waals surface area contributed by atoms with Crippen LogP contribution >= 0.6 is 0 Å². The van der Waals surface area contributed by atoms with Gasteiger partial charge in [0.1, 0.15) is 6.61 Å². The molecule has 1 aromatic rings. The Balaban J connectivity index is 1.92. The SMILES string of the molecule is C=Cc1cc(C(C)C)c(OCCN2CCOCC2)nn1. The molecule has 0 N–H and O–H groups in total. The fraction of sp³-hybridized carbons (Fsp3) is 0.600. The van der Waals surface area contributed by atoms with Crippen molar-refractivity contribution in [3.8, 4) is 5.88 Å². The van der Waals surface area contributed by atoms with Crippen molar-refractivity contribution in [3.63, 3.8) is 0 Å². The first-order valence-corrected chi connectivity index (χ1v) is 7.13. The Morgan fingerprint density at radius 2 is 2.15 bits per heavy atom. The zero-order chi connectivity index (χ0) is 14.4. The average molecular weight is 277 g/mol. The first-order chi connectivity index (χ1) is 9.70. The molecule has 0 aromatic carbocycles. The van der Waals surface area contributed by atoms with E-state index in [9.17, 15) is 0 Å². The second kappa shape index (κ2) is 7.36. The van der Waals surface area contributed by atoms with Crippen molar-refractivity contribution in [2.24, 2.45) is 0 Å². The summed E-state index contributed by atoms with van der Waals surface area (Å²) in [6, 6.07) is 1.99. The van der Waals surface area contributed by atoms with Crippen LogP contribution in [0.15, 0.2) is 12.6 Å². The minimum Gasteiger partial charge on any atom is -0.475 e. The van der Waals surface area contributed by atoms with Gasteiger partial charge in [0.05, 0.1) is 18.9 Å². The third-order valence-electron chi connectivity index (χ3n) is 3.39. The Kier molecular flexibility index (Phi) is 5.49. The number of ether oxygens (including phenoxy) is 2. The maximum absolute atomic E-state index is 5.81. The zero-order valence-corrected chi connectivity index (χ0v) is 12.3. The minimum absolute atomic E-state index is 0.350. The maximum atomic E-state index is 5.81. The lowest BCUT2D eigenvalue weighted by Crippen LogP contribution is -2.38. The van der Waals surface area contributed by atoms with Gasteiger partial charge >= 0.3 is 0 Å². The molecule has 2 rings (SSSR count). The van der Waals surface area contributed by atoms with Crippen LogP contribution in [0.25, 0.3) is 6.08 Å². The molecule has 110 valence electrons. The standard InChI is InChI=1S/C15H23N3O2/c1-4-13-11-14(12(2)3)15(17-16-13)20-10-7-18-5-8-19-9-6-18/h4,11-12H,1,5-10H2,2-3H3. The topological polar surface area (TPSA) is 47.5 Å². The molecule has 0 spiro atoms. The molecule has 1 aromatic heterocycles. The number of nitrogens with zero attached hydrogens (tertiary/aromatic N) is 3. The highest BCUT2D eigenvalue weighted by atomic mass is 16.5. The number of hydrogen-bond acceptors (Lipinski definition) is 5. The predicted octanol–water partition coefficient (Wildman–Crippen LogP) is 1.95. The van der Waals surface area contributed by atoms with Crippen LogP contribution in [-0.4, -0.2) is 54.6 Å². The Labute approximate surface area is 120 Å².